The lowest BCUT2D eigenvalue weighted by atomic mass is 9.73. The molecule has 1 saturated heterocycles. The number of hydroxylamine groups is 2. The van der Waals surface area contributed by atoms with Crippen molar-refractivity contribution in [1.29, 1.82) is 0 Å². The number of aliphatic hydroxyl groups excluding tert-OH is 1. The zero-order chi connectivity index (χ0) is 14.3. The second-order valence-corrected chi connectivity index (χ2v) is 6.32. The van der Waals surface area contributed by atoms with Crippen molar-refractivity contribution in [3.05, 3.63) is 29.8 Å². The number of fused-ring (bicyclic) bond motifs is 1. The molecule has 3 rings (SSSR count). The molecular formula is C16H23NO3. The molecule has 20 heavy (non-hydrogen) atoms. The van der Waals surface area contributed by atoms with E-state index < -0.39 is 0 Å². The van der Waals surface area contributed by atoms with Crippen LogP contribution in [0, 0.1) is 5.41 Å². The Bertz CT molecular complexity index is 475. The van der Waals surface area contributed by atoms with Gasteiger partial charge in [0.1, 0.15) is 5.75 Å². The Hall–Kier alpha value is -1.10. The number of hydrogen-bond acceptors (Lipinski definition) is 4. The minimum atomic E-state index is -0.293. The van der Waals surface area contributed by atoms with Crippen molar-refractivity contribution in [3.63, 3.8) is 0 Å². The number of ether oxygens (including phenoxy) is 1. The summed E-state index contributed by atoms with van der Waals surface area (Å²) >= 11 is 0. The molecule has 1 aromatic carbocycles. The van der Waals surface area contributed by atoms with E-state index in [0.29, 0.717) is 0 Å². The Kier molecular flexibility index (Phi) is 3.48. The molecule has 4 nitrogen and oxygen atoms in total. The molecule has 1 saturated carbocycles. The minimum absolute atomic E-state index is 0.0179. The number of hydrogen-bond donors (Lipinski definition) is 2. The normalized spacial score (nSPS) is 37.7. The first kappa shape index (κ1) is 13.9. The Morgan fingerprint density at radius 2 is 1.90 bits per heavy atom. The van der Waals surface area contributed by atoms with Gasteiger partial charge in [0.05, 0.1) is 19.3 Å². The van der Waals surface area contributed by atoms with E-state index in [4.69, 9.17) is 4.74 Å². The van der Waals surface area contributed by atoms with E-state index in [1.165, 1.54) is 5.06 Å². The first-order valence-corrected chi connectivity index (χ1v) is 7.35. The maximum atomic E-state index is 10.6. The van der Waals surface area contributed by atoms with E-state index in [2.05, 4.69) is 6.92 Å². The molecule has 0 amide bonds. The Morgan fingerprint density at radius 3 is 2.55 bits per heavy atom. The lowest BCUT2D eigenvalue weighted by Gasteiger charge is -2.47. The molecule has 2 fully saturated rings. The van der Waals surface area contributed by atoms with Crippen LogP contribution < -0.4 is 4.74 Å². The van der Waals surface area contributed by atoms with Gasteiger partial charge in [-0.2, -0.15) is 5.06 Å². The summed E-state index contributed by atoms with van der Waals surface area (Å²) in [6.07, 6.45) is 3.17. The predicted molar refractivity (Wildman–Crippen MR) is 75.7 cm³/mol. The van der Waals surface area contributed by atoms with E-state index in [1.807, 2.05) is 24.3 Å². The highest BCUT2D eigenvalue weighted by molar-refractivity contribution is 5.29. The SMILES string of the molecule is COc1ccc([C@H]2CC[C@]3(C)[C@H](O)CC[C@H]3N2O)cc1. The number of rotatable bonds is 2. The number of benzene rings is 1. The van der Waals surface area contributed by atoms with E-state index in [9.17, 15) is 10.3 Å². The van der Waals surface area contributed by atoms with Crippen molar-refractivity contribution in [2.45, 2.75) is 50.8 Å². The maximum Gasteiger partial charge on any atom is 0.118 e. The van der Waals surface area contributed by atoms with Crippen LogP contribution >= 0.6 is 0 Å². The molecule has 0 unspecified atom stereocenters. The summed E-state index contributed by atoms with van der Waals surface area (Å²) in [6, 6.07) is 7.96. The van der Waals surface area contributed by atoms with Crippen LogP contribution in [0.3, 0.4) is 0 Å². The lowest BCUT2D eigenvalue weighted by molar-refractivity contribution is -0.216. The molecule has 0 aromatic heterocycles. The van der Waals surface area contributed by atoms with Gasteiger partial charge < -0.3 is 15.1 Å². The molecule has 0 bridgehead atoms. The molecule has 2 aliphatic rings. The van der Waals surface area contributed by atoms with Gasteiger partial charge in [0.2, 0.25) is 0 Å². The van der Waals surface area contributed by atoms with Gasteiger partial charge in [-0.05, 0) is 43.4 Å². The summed E-state index contributed by atoms with van der Waals surface area (Å²) in [6.45, 7) is 2.10. The highest BCUT2D eigenvalue weighted by Crippen LogP contribution is 2.51. The molecule has 2 N–H and O–H groups in total. The van der Waals surface area contributed by atoms with Crippen molar-refractivity contribution < 1.29 is 15.1 Å². The number of methoxy groups -OCH3 is 1. The lowest BCUT2D eigenvalue weighted by Crippen LogP contribution is -2.51. The summed E-state index contributed by atoms with van der Waals surface area (Å²) < 4.78 is 5.17. The van der Waals surface area contributed by atoms with Gasteiger partial charge in [0, 0.05) is 11.5 Å². The van der Waals surface area contributed by atoms with Gasteiger partial charge in [-0.3, -0.25) is 0 Å². The van der Waals surface area contributed by atoms with Gasteiger partial charge in [-0.1, -0.05) is 19.1 Å². The number of piperidine rings is 1. The molecule has 0 radical (unpaired) electrons. The van der Waals surface area contributed by atoms with Gasteiger partial charge in [0.25, 0.3) is 0 Å². The second kappa shape index (κ2) is 5.02. The van der Waals surface area contributed by atoms with Crippen LogP contribution in [0.5, 0.6) is 5.75 Å². The van der Waals surface area contributed by atoms with Crippen molar-refractivity contribution in [2.75, 3.05) is 7.11 Å². The minimum Gasteiger partial charge on any atom is -0.497 e. The zero-order valence-electron chi connectivity index (χ0n) is 12.1. The van der Waals surface area contributed by atoms with Crippen LogP contribution in [0.1, 0.15) is 44.2 Å². The first-order valence-electron chi connectivity index (χ1n) is 7.35. The average molecular weight is 277 g/mol. The topological polar surface area (TPSA) is 52.9 Å². The van der Waals surface area contributed by atoms with Crippen LogP contribution in [0.15, 0.2) is 24.3 Å². The average Bonchev–Trinajstić information content (AvgIpc) is 2.76. The van der Waals surface area contributed by atoms with Crippen LogP contribution in [0.25, 0.3) is 0 Å². The van der Waals surface area contributed by atoms with Crippen molar-refractivity contribution >= 4 is 0 Å². The third-order valence-corrected chi connectivity index (χ3v) is 5.33. The fraction of sp³-hybridized carbons (Fsp3) is 0.625. The Morgan fingerprint density at radius 1 is 1.20 bits per heavy atom. The molecule has 0 spiro atoms. The van der Waals surface area contributed by atoms with E-state index in [1.54, 1.807) is 7.11 Å². The maximum absolute atomic E-state index is 10.6. The molecular weight excluding hydrogens is 254 g/mol. The van der Waals surface area contributed by atoms with E-state index >= 15 is 0 Å². The molecule has 1 aliphatic heterocycles. The van der Waals surface area contributed by atoms with E-state index in [0.717, 1.165) is 37.0 Å². The van der Waals surface area contributed by atoms with Crippen LogP contribution in [0.2, 0.25) is 0 Å². The molecule has 4 atom stereocenters. The first-order chi connectivity index (χ1) is 9.56. The highest BCUT2D eigenvalue weighted by Gasteiger charge is 2.52. The highest BCUT2D eigenvalue weighted by atomic mass is 16.5. The number of aliphatic hydroxyl groups is 1. The smallest absolute Gasteiger partial charge is 0.118 e. The summed E-state index contributed by atoms with van der Waals surface area (Å²) in [4.78, 5) is 0. The molecule has 110 valence electrons. The molecule has 1 aromatic rings. The largest absolute Gasteiger partial charge is 0.497 e. The molecule has 4 heteroatoms. The zero-order valence-corrected chi connectivity index (χ0v) is 12.1. The quantitative estimate of drug-likeness (QED) is 0.873. The summed E-state index contributed by atoms with van der Waals surface area (Å²) in [5.41, 5.74) is 0.939. The fourth-order valence-corrected chi connectivity index (χ4v) is 3.91. The summed E-state index contributed by atoms with van der Waals surface area (Å²) in [7, 11) is 1.65. The number of nitrogens with zero attached hydrogens (tertiary/aromatic N) is 1. The third-order valence-electron chi connectivity index (χ3n) is 5.33. The standard InChI is InChI=1S/C16H23NO3/c1-16-10-9-13(11-3-5-12(20-2)6-4-11)17(19)14(16)7-8-15(16)18/h3-6,13-15,18-19H,7-10H2,1-2H3/t13-,14-,15-,16+/m1/s1. The summed E-state index contributed by atoms with van der Waals surface area (Å²) in [5.74, 6) is 0.829. The van der Waals surface area contributed by atoms with Crippen LogP contribution in [-0.2, 0) is 0 Å². The Labute approximate surface area is 119 Å². The fourth-order valence-electron chi connectivity index (χ4n) is 3.91. The monoisotopic (exact) mass is 277 g/mol. The second-order valence-electron chi connectivity index (χ2n) is 6.32. The molecule has 1 heterocycles. The van der Waals surface area contributed by atoms with Crippen molar-refractivity contribution in [3.8, 4) is 5.75 Å². The van der Waals surface area contributed by atoms with Gasteiger partial charge in [0.15, 0.2) is 0 Å². The van der Waals surface area contributed by atoms with Crippen molar-refractivity contribution in [1.82, 2.24) is 5.06 Å². The molecule has 1 aliphatic carbocycles. The summed E-state index contributed by atoms with van der Waals surface area (Å²) in [5, 5.41) is 22.3. The van der Waals surface area contributed by atoms with Gasteiger partial charge in [-0.25, -0.2) is 0 Å². The van der Waals surface area contributed by atoms with E-state index in [-0.39, 0.29) is 23.6 Å². The van der Waals surface area contributed by atoms with Gasteiger partial charge in [-0.15, -0.1) is 0 Å². The van der Waals surface area contributed by atoms with Crippen LogP contribution in [0.4, 0.5) is 0 Å². The van der Waals surface area contributed by atoms with Gasteiger partial charge >= 0.3 is 0 Å². The Balaban J connectivity index is 1.82. The van der Waals surface area contributed by atoms with Crippen LogP contribution in [-0.4, -0.2) is 34.6 Å². The predicted octanol–water partition coefficient (Wildman–Crippen LogP) is 2.75. The third kappa shape index (κ3) is 2.03. The van der Waals surface area contributed by atoms with Crippen molar-refractivity contribution in [2.24, 2.45) is 5.41 Å².